The molecule has 0 aromatic rings. The van der Waals surface area contributed by atoms with E-state index >= 15 is 0 Å². The minimum Gasteiger partial charge on any atom is -0.479 e. The number of esters is 1. The van der Waals surface area contributed by atoms with Gasteiger partial charge in [-0.3, -0.25) is 4.79 Å². The van der Waals surface area contributed by atoms with Crippen molar-refractivity contribution in [3.05, 3.63) is 0 Å². The highest BCUT2D eigenvalue weighted by atomic mass is 16.8. The summed E-state index contributed by atoms with van der Waals surface area (Å²) in [7, 11) is 0. The van der Waals surface area contributed by atoms with Crippen LogP contribution in [0.1, 0.15) is 156 Å². The number of hydrogen-bond acceptors (Lipinski definition) is 19. The first-order valence-corrected chi connectivity index (χ1v) is 25.0. The van der Waals surface area contributed by atoms with Gasteiger partial charge in [-0.05, 0) is 44.4 Å². The molecule has 0 radical (unpaired) electrons. The summed E-state index contributed by atoms with van der Waals surface area (Å²) < 4.78 is 40.8. The van der Waals surface area contributed by atoms with E-state index in [-0.39, 0.29) is 18.9 Å². The maximum Gasteiger partial charge on any atom is 0.332 e. The van der Waals surface area contributed by atoms with Crippen molar-refractivity contribution in [1.29, 1.82) is 0 Å². The molecule has 0 spiro atoms. The minimum atomic E-state index is -1.88. The molecule has 3 aliphatic rings. The molecule has 20 nitrogen and oxygen atoms in total. The normalized spacial score (nSPS) is 32.2. The maximum absolute atomic E-state index is 12.2. The van der Waals surface area contributed by atoms with Gasteiger partial charge in [0.2, 0.25) is 0 Å². The number of carbonyl (C=O) groups is 2. The highest BCUT2D eigenvalue weighted by Gasteiger charge is 2.51. The smallest absolute Gasteiger partial charge is 0.332 e. The predicted molar refractivity (Wildman–Crippen MR) is 239 cm³/mol. The van der Waals surface area contributed by atoms with Crippen LogP contribution in [0, 0.1) is 5.92 Å². The molecule has 0 bridgehead atoms. The Balaban J connectivity index is 1.48. The van der Waals surface area contributed by atoms with E-state index in [1.807, 2.05) is 20.8 Å². The van der Waals surface area contributed by atoms with E-state index in [0.29, 0.717) is 38.5 Å². The molecule has 0 aromatic heterocycles. The number of ether oxygens (including phenoxy) is 7. The van der Waals surface area contributed by atoms with E-state index in [1.54, 1.807) is 0 Å². The lowest BCUT2D eigenvalue weighted by atomic mass is 9.98. The lowest BCUT2D eigenvalue weighted by Crippen LogP contribution is -2.64. The third kappa shape index (κ3) is 21.3. The molecular weight excluding hydrogens is 884 g/mol. The van der Waals surface area contributed by atoms with E-state index in [1.165, 1.54) is 0 Å². The molecule has 394 valence electrons. The van der Waals surface area contributed by atoms with E-state index in [2.05, 4.69) is 0 Å². The second-order valence-corrected chi connectivity index (χ2v) is 19.2. The molecule has 17 atom stereocenters. The molecule has 20 heteroatoms. The van der Waals surface area contributed by atoms with Crippen LogP contribution in [0.25, 0.3) is 0 Å². The summed E-state index contributed by atoms with van der Waals surface area (Å²) in [6.07, 6.45) is -7.52. The van der Waals surface area contributed by atoms with Gasteiger partial charge in [0, 0.05) is 6.42 Å². The third-order valence-electron chi connectivity index (χ3n) is 12.8. The Labute approximate surface area is 395 Å². The van der Waals surface area contributed by atoms with Crippen molar-refractivity contribution in [3.8, 4) is 0 Å². The lowest BCUT2D eigenvalue weighted by molar-refractivity contribution is -0.380. The van der Waals surface area contributed by atoms with Crippen LogP contribution in [0.15, 0.2) is 0 Å². The first-order valence-electron chi connectivity index (χ1n) is 25.0. The van der Waals surface area contributed by atoms with Crippen molar-refractivity contribution >= 4 is 11.9 Å². The van der Waals surface area contributed by atoms with Crippen LogP contribution in [0.3, 0.4) is 0 Å². The Morgan fingerprint density at radius 1 is 0.567 bits per heavy atom. The standard InChI is InChI=1S/C47H86O20/c1-4-5-19-29(20-18-23-31(49)30(48)21-16-14-12-10-8-6-7-9-11-13-15-17-22-32(50)44(59)60)64-46-42(37(54)33(51)25-62-46)67-47-43(38(55)34(52)26-63-47)66-45-41(58)40(57)39(56)35(65-45)27-61-36(53)24-28(2)3/h28-35,37-43,45-52,54-58H,4-27H2,1-3H3,(H,59,60). The van der Waals surface area contributed by atoms with E-state index in [0.717, 1.165) is 89.9 Å². The molecule has 0 amide bonds. The van der Waals surface area contributed by atoms with Gasteiger partial charge in [-0.25, -0.2) is 4.79 Å². The Bertz CT molecular complexity index is 1330. The molecule has 3 heterocycles. The van der Waals surface area contributed by atoms with Crippen LogP contribution in [0.4, 0.5) is 0 Å². The highest BCUT2D eigenvalue weighted by molar-refractivity contribution is 5.71. The lowest BCUT2D eigenvalue weighted by Gasteiger charge is -2.46. The molecule has 0 saturated carbocycles. The van der Waals surface area contributed by atoms with Crippen molar-refractivity contribution in [2.45, 2.75) is 260 Å². The summed E-state index contributed by atoms with van der Waals surface area (Å²) in [5.74, 6) is -1.75. The van der Waals surface area contributed by atoms with Crippen LogP contribution in [-0.2, 0) is 42.7 Å². The van der Waals surface area contributed by atoms with Crippen LogP contribution in [0.5, 0.6) is 0 Å². The quantitative estimate of drug-likeness (QED) is 0.0323. The maximum atomic E-state index is 12.2. The fourth-order valence-electron chi connectivity index (χ4n) is 8.52. The van der Waals surface area contributed by atoms with Crippen molar-refractivity contribution in [1.82, 2.24) is 0 Å². The van der Waals surface area contributed by atoms with Crippen molar-refractivity contribution < 1.29 is 98.9 Å². The van der Waals surface area contributed by atoms with Gasteiger partial charge in [-0.2, -0.15) is 0 Å². The summed E-state index contributed by atoms with van der Waals surface area (Å²) in [4.78, 5) is 22.9. The monoisotopic (exact) mass is 971 g/mol. The van der Waals surface area contributed by atoms with Gasteiger partial charge >= 0.3 is 11.9 Å². The minimum absolute atomic E-state index is 0.0120. The largest absolute Gasteiger partial charge is 0.479 e. The van der Waals surface area contributed by atoms with Crippen LogP contribution in [-0.4, -0.2) is 192 Å². The van der Waals surface area contributed by atoms with Crippen LogP contribution < -0.4 is 0 Å². The number of carbonyl (C=O) groups excluding carboxylic acids is 1. The Kier molecular flexibility index (Phi) is 28.7. The Morgan fingerprint density at radius 3 is 1.58 bits per heavy atom. The summed E-state index contributed by atoms with van der Waals surface area (Å²) >= 11 is 0. The van der Waals surface area contributed by atoms with E-state index in [9.17, 15) is 60.7 Å². The number of aliphatic carboxylic acids is 1. The van der Waals surface area contributed by atoms with E-state index in [4.69, 9.17) is 38.3 Å². The van der Waals surface area contributed by atoms with E-state index < -0.39 is 129 Å². The van der Waals surface area contributed by atoms with Crippen LogP contribution in [0.2, 0.25) is 0 Å². The summed E-state index contributed by atoms with van der Waals surface area (Å²) in [6, 6.07) is 0. The SMILES string of the molecule is CCCCC(CCCC(O)C(O)CCCCCCCCCCCCCCC(O)C(=O)O)OC1OCC(O)C(O)C1OC1OCC(O)C(O)C1OC1OC(COC(=O)CC(C)C)C(O)C(O)C1O. The number of carboxylic acid groups (broad SMARTS) is 1. The molecule has 3 rings (SSSR count). The number of unbranched alkanes of at least 4 members (excludes halogenated alkanes) is 12. The second-order valence-electron chi connectivity index (χ2n) is 19.2. The van der Waals surface area contributed by atoms with Gasteiger partial charge in [0.05, 0.1) is 31.5 Å². The molecular formula is C47H86O20. The van der Waals surface area contributed by atoms with Gasteiger partial charge in [0.25, 0.3) is 0 Å². The molecule has 11 N–H and O–H groups in total. The fourth-order valence-corrected chi connectivity index (χ4v) is 8.52. The average Bonchev–Trinajstić information content (AvgIpc) is 3.29. The van der Waals surface area contributed by atoms with Crippen molar-refractivity contribution in [2.75, 3.05) is 19.8 Å². The molecule has 67 heavy (non-hydrogen) atoms. The first-order chi connectivity index (χ1) is 31.9. The van der Waals surface area contributed by atoms with Gasteiger partial charge in [0.1, 0.15) is 67.6 Å². The topological polar surface area (TPSA) is 321 Å². The molecule has 3 saturated heterocycles. The number of carboxylic acids is 1. The first kappa shape index (κ1) is 59.6. The van der Waals surface area contributed by atoms with Crippen molar-refractivity contribution in [2.24, 2.45) is 5.92 Å². The second kappa shape index (κ2) is 32.3. The van der Waals surface area contributed by atoms with Crippen molar-refractivity contribution in [3.63, 3.8) is 0 Å². The average molecular weight is 971 g/mol. The van der Waals surface area contributed by atoms with Crippen LogP contribution >= 0.6 is 0 Å². The fraction of sp³-hybridized carbons (Fsp3) is 0.957. The molecule has 3 aliphatic heterocycles. The number of rotatable bonds is 34. The molecule has 3 fully saturated rings. The Hall–Kier alpha value is -1.70. The number of hydrogen-bond donors (Lipinski definition) is 11. The third-order valence-corrected chi connectivity index (χ3v) is 12.8. The summed E-state index contributed by atoms with van der Waals surface area (Å²) in [6.45, 7) is 4.40. The summed E-state index contributed by atoms with van der Waals surface area (Å²) in [5, 5.41) is 115. The van der Waals surface area contributed by atoms with Gasteiger partial charge in [-0.15, -0.1) is 0 Å². The number of aliphatic hydroxyl groups is 10. The van der Waals surface area contributed by atoms with Gasteiger partial charge in [0.15, 0.2) is 25.0 Å². The zero-order valence-corrected chi connectivity index (χ0v) is 40.0. The Morgan fingerprint density at radius 2 is 1.04 bits per heavy atom. The van der Waals surface area contributed by atoms with Gasteiger partial charge in [-0.1, -0.05) is 111 Å². The zero-order chi connectivity index (χ0) is 49.5. The predicted octanol–water partition coefficient (Wildman–Crippen LogP) is 1.68. The zero-order valence-electron chi connectivity index (χ0n) is 40.0. The molecule has 0 aliphatic carbocycles. The van der Waals surface area contributed by atoms with Gasteiger partial charge < -0.3 is 89.3 Å². The molecule has 0 aromatic carbocycles. The summed E-state index contributed by atoms with van der Waals surface area (Å²) in [5.41, 5.74) is 0. The highest BCUT2D eigenvalue weighted by Crippen LogP contribution is 2.32. The number of aliphatic hydroxyl groups excluding tert-OH is 10. The molecule has 17 unspecified atom stereocenters.